The topological polar surface area (TPSA) is 58.1 Å². The Labute approximate surface area is 146 Å². The summed E-state index contributed by atoms with van der Waals surface area (Å²) in [5.74, 6) is 1.65. The van der Waals surface area contributed by atoms with E-state index in [4.69, 9.17) is 11.6 Å². The van der Waals surface area contributed by atoms with Crippen molar-refractivity contribution in [1.29, 1.82) is 0 Å². The second kappa shape index (κ2) is 5.45. The summed E-state index contributed by atoms with van der Waals surface area (Å²) in [5.41, 5.74) is 0.506. The molecular formula is C18H19ClN4O. The second-order valence-corrected chi connectivity index (χ2v) is 7.38. The highest BCUT2D eigenvalue weighted by Gasteiger charge is 2.50. The molecule has 1 saturated carbocycles. The first-order valence-electron chi connectivity index (χ1n) is 8.14. The minimum Gasteiger partial charge on any atom is -0.366 e. The molecule has 1 N–H and O–H groups in total. The third-order valence-corrected chi connectivity index (χ3v) is 5.32. The summed E-state index contributed by atoms with van der Waals surface area (Å²) in [4.78, 5) is 23.5. The van der Waals surface area contributed by atoms with Crippen molar-refractivity contribution in [3.8, 4) is 0 Å². The maximum Gasteiger partial charge on any atom is 0.238 e. The molecule has 2 aromatic heterocycles. The van der Waals surface area contributed by atoms with E-state index in [-0.39, 0.29) is 18.0 Å². The van der Waals surface area contributed by atoms with Crippen molar-refractivity contribution in [3.05, 3.63) is 47.2 Å². The molecule has 1 aliphatic heterocycles. The lowest BCUT2D eigenvalue weighted by Gasteiger charge is -2.41. The predicted molar refractivity (Wildman–Crippen MR) is 94.4 cm³/mol. The van der Waals surface area contributed by atoms with Gasteiger partial charge in [0.15, 0.2) is 0 Å². The molecule has 4 rings (SSSR count). The highest BCUT2D eigenvalue weighted by molar-refractivity contribution is 6.32. The summed E-state index contributed by atoms with van der Waals surface area (Å²) in [6.07, 6.45) is 5.20. The molecule has 124 valence electrons. The molecule has 0 radical (unpaired) electrons. The van der Waals surface area contributed by atoms with Crippen molar-refractivity contribution < 1.29 is 4.79 Å². The van der Waals surface area contributed by atoms with Crippen LogP contribution in [-0.2, 0) is 10.2 Å². The lowest BCUT2D eigenvalue weighted by molar-refractivity contribution is -0.122. The molecular weight excluding hydrogens is 324 g/mol. The van der Waals surface area contributed by atoms with Gasteiger partial charge in [0.25, 0.3) is 0 Å². The second-order valence-electron chi connectivity index (χ2n) is 6.98. The zero-order valence-corrected chi connectivity index (χ0v) is 14.4. The van der Waals surface area contributed by atoms with Gasteiger partial charge in [-0.2, -0.15) is 0 Å². The van der Waals surface area contributed by atoms with E-state index in [0.717, 1.165) is 24.2 Å². The molecule has 3 heterocycles. The van der Waals surface area contributed by atoms with Gasteiger partial charge >= 0.3 is 0 Å². The van der Waals surface area contributed by atoms with Gasteiger partial charge in [0.05, 0.1) is 10.4 Å². The van der Waals surface area contributed by atoms with E-state index in [1.54, 1.807) is 12.4 Å². The van der Waals surface area contributed by atoms with Crippen LogP contribution in [0.5, 0.6) is 0 Å². The molecule has 6 heteroatoms. The van der Waals surface area contributed by atoms with Crippen LogP contribution in [0.15, 0.2) is 36.7 Å². The maximum absolute atomic E-state index is 12.9. The first kappa shape index (κ1) is 15.4. The molecule has 24 heavy (non-hydrogen) atoms. The average Bonchev–Trinajstić information content (AvgIpc) is 2.73. The number of aromatic nitrogens is 2. The molecule has 0 unspecified atom stereocenters. The standard InChI is InChI=1S/C18H19ClN4O/c1-18(2)13-5-3-8-21-16(13)23(17(18)24)12-9-11(10-12)22-15-14(19)6-4-7-20-15/h3-8,11-12H,9-10H2,1-2H3,(H,20,22)/t11-,12-. The van der Waals surface area contributed by atoms with Gasteiger partial charge in [0.2, 0.25) is 5.91 Å². The molecule has 0 saturated heterocycles. The molecule has 0 aromatic carbocycles. The minimum absolute atomic E-state index is 0.135. The molecule has 2 aliphatic rings. The zero-order valence-electron chi connectivity index (χ0n) is 13.7. The van der Waals surface area contributed by atoms with Crippen molar-refractivity contribution >= 4 is 29.1 Å². The third kappa shape index (κ3) is 2.26. The quantitative estimate of drug-likeness (QED) is 0.928. The van der Waals surface area contributed by atoms with Crippen LogP contribution in [0, 0.1) is 0 Å². The number of rotatable bonds is 3. The average molecular weight is 343 g/mol. The van der Waals surface area contributed by atoms with Crippen LogP contribution >= 0.6 is 11.6 Å². The van der Waals surface area contributed by atoms with Gasteiger partial charge < -0.3 is 5.32 Å². The van der Waals surface area contributed by atoms with Crippen LogP contribution < -0.4 is 10.2 Å². The van der Waals surface area contributed by atoms with Crippen LogP contribution in [0.4, 0.5) is 11.6 Å². The number of amides is 1. The summed E-state index contributed by atoms with van der Waals surface area (Å²) in [7, 11) is 0. The summed E-state index contributed by atoms with van der Waals surface area (Å²) in [6.45, 7) is 3.94. The molecule has 2 aromatic rings. The first-order chi connectivity index (χ1) is 11.5. The van der Waals surface area contributed by atoms with Crippen LogP contribution in [-0.4, -0.2) is 28.0 Å². The molecule has 5 nitrogen and oxygen atoms in total. The molecule has 0 bridgehead atoms. The fourth-order valence-electron chi connectivity index (χ4n) is 3.53. The number of pyridine rings is 2. The van der Waals surface area contributed by atoms with Crippen molar-refractivity contribution in [1.82, 2.24) is 9.97 Å². The largest absolute Gasteiger partial charge is 0.366 e. The number of anilines is 2. The Morgan fingerprint density at radius 1 is 1.21 bits per heavy atom. The number of carbonyl (C=O) groups excluding carboxylic acids is 1. The lowest BCUT2D eigenvalue weighted by Crippen LogP contribution is -2.53. The Morgan fingerprint density at radius 2 is 1.92 bits per heavy atom. The number of nitrogens with one attached hydrogen (secondary N) is 1. The third-order valence-electron chi connectivity index (χ3n) is 5.02. The predicted octanol–water partition coefficient (Wildman–Crippen LogP) is 3.40. The fraction of sp³-hybridized carbons (Fsp3) is 0.389. The molecule has 0 spiro atoms. The Bertz CT molecular complexity index is 801. The highest BCUT2D eigenvalue weighted by Crippen LogP contribution is 2.44. The van der Waals surface area contributed by atoms with E-state index >= 15 is 0 Å². The Morgan fingerprint density at radius 3 is 2.67 bits per heavy atom. The number of fused-ring (bicyclic) bond motifs is 1. The number of halogens is 1. The van der Waals surface area contributed by atoms with Gasteiger partial charge in [0, 0.05) is 30.0 Å². The van der Waals surface area contributed by atoms with Crippen molar-refractivity contribution in [2.75, 3.05) is 10.2 Å². The smallest absolute Gasteiger partial charge is 0.238 e. The van der Waals surface area contributed by atoms with Crippen LogP contribution in [0.2, 0.25) is 5.02 Å². The SMILES string of the molecule is CC1(C)C(=O)N([C@H]2C[C@H](Nc3ncccc3Cl)C2)c2ncccc21. The summed E-state index contributed by atoms with van der Waals surface area (Å²) >= 11 is 6.14. The van der Waals surface area contributed by atoms with E-state index < -0.39 is 5.41 Å². The first-order valence-corrected chi connectivity index (χ1v) is 8.52. The summed E-state index contributed by atoms with van der Waals surface area (Å²) in [6, 6.07) is 7.97. The lowest BCUT2D eigenvalue weighted by atomic mass is 9.84. The zero-order chi connectivity index (χ0) is 16.9. The Hall–Kier alpha value is -2.14. The number of carbonyl (C=O) groups is 1. The molecule has 0 atom stereocenters. The molecule has 1 fully saturated rings. The van der Waals surface area contributed by atoms with E-state index in [1.807, 2.05) is 43.0 Å². The Kier molecular flexibility index (Phi) is 3.49. The van der Waals surface area contributed by atoms with Gasteiger partial charge in [-0.1, -0.05) is 17.7 Å². The fourth-order valence-corrected chi connectivity index (χ4v) is 3.71. The Balaban J connectivity index is 1.50. The van der Waals surface area contributed by atoms with Gasteiger partial charge in [0.1, 0.15) is 11.6 Å². The van der Waals surface area contributed by atoms with Gasteiger partial charge in [-0.05, 0) is 44.9 Å². The molecule has 1 aliphatic carbocycles. The van der Waals surface area contributed by atoms with Gasteiger partial charge in [-0.25, -0.2) is 9.97 Å². The van der Waals surface area contributed by atoms with E-state index in [9.17, 15) is 4.79 Å². The summed E-state index contributed by atoms with van der Waals surface area (Å²) < 4.78 is 0. The van der Waals surface area contributed by atoms with Crippen molar-refractivity contribution in [2.45, 2.75) is 44.2 Å². The normalized spacial score (nSPS) is 24.5. The number of hydrogen-bond acceptors (Lipinski definition) is 4. The summed E-state index contributed by atoms with van der Waals surface area (Å²) in [5, 5.41) is 3.98. The van der Waals surface area contributed by atoms with Crippen molar-refractivity contribution in [2.24, 2.45) is 0 Å². The van der Waals surface area contributed by atoms with Gasteiger partial charge in [-0.3, -0.25) is 9.69 Å². The monoisotopic (exact) mass is 342 g/mol. The van der Waals surface area contributed by atoms with E-state index in [1.165, 1.54) is 0 Å². The van der Waals surface area contributed by atoms with Crippen LogP contribution in [0.25, 0.3) is 0 Å². The van der Waals surface area contributed by atoms with E-state index in [0.29, 0.717) is 10.8 Å². The highest BCUT2D eigenvalue weighted by atomic mass is 35.5. The van der Waals surface area contributed by atoms with E-state index in [2.05, 4.69) is 15.3 Å². The number of nitrogens with zero attached hydrogens (tertiary/aromatic N) is 3. The van der Waals surface area contributed by atoms with Crippen molar-refractivity contribution in [3.63, 3.8) is 0 Å². The van der Waals surface area contributed by atoms with Crippen LogP contribution in [0.1, 0.15) is 32.3 Å². The maximum atomic E-state index is 12.9. The minimum atomic E-state index is -0.508. The van der Waals surface area contributed by atoms with Gasteiger partial charge in [-0.15, -0.1) is 0 Å². The van der Waals surface area contributed by atoms with Crippen LogP contribution in [0.3, 0.4) is 0 Å². The number of hydrogen-bond donors (Lipinski definition) is 1. The molecule has 1 amide bonds.